The number of aliphatic carboxylic acids is 1. The Kier molecular flexibility index (Phi) is 38.2. The van der Waals surface area contributed by atoms with Crippen molar-refractivity contribution >= 4 is 49.4 Å². The van der Waals surface area contributed by atoms with Crippen molar-refractivity contribution in [1.82, 2.24) is 5.32 Å². The molecule has 2 N–H and O–H groups in total. The highest BCUT2D eigenvalue weighted by molar-refractivity contribution is 6.76. The third-order valence-corrected chi connectivity index (χ3v) is 18.0. The molecular weight excluding hydrogens is 1430 g/mol. The monoisotopic (exact) mass is 1520 g/mol. The molecule has 6 aromatic rings. The van der Waals surface area contributed by atoms with Gasteiger partial charge < -0.3 is 57.5 Å². The van der Waals surface area contributed by atoms with Gasteiger partial charge in [-0.2, -0.15) is 0 Å². The number of alkyl carbamates (subject to hydrolysis) is 1. The molecule has 2 saturated heterocycles. The fourth-order valence-electron chi connectivity index (χ4n) is 10.6. The Hall–Kier alpha value is -8.65. The van der Waals surface area contributed by atoms with Gasteiger partial charge in [-0.3, -0.25) is 28.8 Å². The molecule has 582 valence electrons. The lowest BCUT2D eigenvalue weighted by Gasteiger charge is -2.21. The first-order chi connectivity index (χ1) is 50.2. The van der Waals surface area contributed by atoms with Gasteiger partial charge in [0.25, 0.3) is 0 Å². The number of rotatable bonds is 31. The van der Waals surface area contributed by atoms with E-state index in [1.54, 1.807) is 48.4 Å². The highest BCUT2D eigenvalue weighted by atomic mass is 28.3. The van der Waals surface area contributed by atoms with Gasteiger partial charge in [0, 0.05) is 79.4 Å². The summed E-state index contributed by atoms with van der Waals surface area (Å²) < 4.78 is 183. The number of hydrogen-bond acceptors (Lipinski definition) is 17. The minimum Gasteiger partial charge on any atom is -0.481 e. The summed E-state index contributed by atoms with van der Waals surface area (Å²) in [6.45, 7) is 15.8. The SMILES string of the molecule is CCOC(=O)C(CC(C)CCOC)C(=O)c1ccc(F)c(F)c1.CCOC(=O)CC(=O)c1ccc(F)c(F)c1.COCC[C@@H]1C[C@@H](C(=O)O)[C@H](c2ccc(F)c(F)c2)O1.COCC[C@@H]1C[C@@H](NC(=O)OCC[Si](C)(C)C)[C@H](c2ccc(F)c(F)c2)O1.COCCc1cc(C(C)=O)c(-c2ccc(F)c(F)c2)o1. The van der Waals surface area contributed by atoms with E-state index in [1.165, 1.54) is 31.2 Å². The lowest BCUT2D eigenvalue weighted by Crippen LogP contribution is -2.38. The second-order valence-corrected chi connectivity index (χ2v) is 31.3. The van der Waals surface area contributed by atoms with Crippen LogP contribution in [-0.2, 0) is 63.4 Å². The Bertz CT molecular complexity index is 3860. The number of carboxylic acids is 1. The summed E-state index contributed by atoms with van der Waals surface area (Å²) in [5.41, 5.74) is 1.42. The van der Waals surface area contributed by atoms with Gasteiger partial charge in [0.15, 0.2) is 75.5 Å². The van der Waals surface area contributed by atoms with Gasteiger partial charge in [-0.15, -0.1) is 0 Å². The molecule has 1 aromatic heterocycles. The van der Waals surface area contributed by atoms with E-state index in [0.717, 1.165) is 72.8 Å². The predicted octanol–water partition coefficient (Wildman–Crippen LogP) is 15.9. The van der Waals surface area contributed by atoms with E-state index in [9.17, 15) is 82.6 Å². The van der Waals surface area contributed by atoms with E-state index < -0.39 is 132 Å². The van der Waals surface area contributed by atoms with E-state index in [4.69, 9.17) is 42.3 Å². The predicted molar refractivity (Wildman–Crippen MR) is 370 cm³/mol. The maximum atomic E-state index is 13.6. The van der Waals surface area contributed by atoms with Crippen LogP contribution in [0.4, 0.5) is 48.7 Å². The van der Waals surface area contributed by atoms with Crippen LogP contribution in [-0.4, -0.2) is 147 Å². The quantitative estimate of drug-likeness (QED) is 0.0102. The molecule has 3 heterocycles. The maximum Gasteiger partial charge on any atom is 0.407 e. The fourth-order valence-corrected chi connectivity index (χ4v) is 11.4. The van der Waals surface area contributed by atoms with Crippen LogP contribution in [0.25, 0.3) is 11.3 Å². The first kappa shape index (κ1) is 89.7. The maximum absolute atomic E-state index is 13.6. The van der Waals surface area contributed by atoms with Gasteiger partial charge >= 0.3 is 24.0 Å². The third-order valence-electron chi connectivity index (χ3n) is 16.3. The number of ketones is 3. The smallest absolute Gasteiger partial charge is 0.407 e. The van der Waals surface area contributed by atoms with Crippen LogP contribution in [0.2, 0.25) is 25.7 Å². The molecule has 2 aliphatic rings. The first-order valence-electron chi connectivity index (χ1n) is 33.9. The Morgan fingerprint density at radius 1 is 0.566 bits per heavy atom. The van der Waals surface area contributed by atoms with Crippen LogP contribution in [0.3, 0.4) is 0 Å². The number of carbonyl (C=O) groups is 7. The standard InChI is InChI=1S/C19H29F2NO4Si.C17H22F2O4.C15H14F2O3.C14H16F2O4.C11H10F2O3/c1-24-8-7-14-12-17(22-19(23)25-9-10-27(2,3)4)18(26-14)13-5-6-15(20)16(21)11-13;1-4-23-17(21)13(9-11(2)7-8-22-3)16(20)12-5-6-14(18)15(19)10-12;1-9(18)12-8-11(5-6-19-2)20-15(12)10-3-4-13(16)14(17)7-10;1-19-5-4-9-7-10(14(17)18)13(20-9)8-2-3-11(15)12(16)6-8;1-2-16-11(15)6-10(14)7-3-4-8(12)9(13)5-7/h5-6,11,14,17-18H,7-10,12H2,1-4H3,(H,22,23);5-6,10-11,13H,4,7-9H2,1-3H3;3-4,7-8H,5-6H2,1-2H3;2-3,6,9-10,13H,4-5,7H2,1H3,(H,17,18);3-5H,2,6H2,1H3/t14-,17-,18+;;;9-,10-,13+;/m1..1./s1. The molecule has 8 rings (SSSR count). The number of methoxy groups -OCH3 is 4. The van der Waals surface area contributed by atoms with Crippen LogP contribution in [0.5, 0.6) is 0 Å². The van der Waals surface area contributed by atoms with Crippen molar-refractivity contribution in [1.29, 1.82) is 0 Å². The van der Waals surface area contributed by atoms with Crippen LogP contribution < -0.4 is 5.32 Å². The summed E-state index contributed by atoms with van der Waals surface area (Å²) in [5, 5.41) is 12.1. The van der Waals surface area contributed by atoms with E-state index >= 15 is 0 Å². The fraction of sp³-hybridized carbons (Fsp3) is 0.461. The molecule has 8 atom stereocenters. The number of carboxylic acid groups (broad SMARTS) is 1. The second kappa shape index (κ2) is 45.1. The van der Waals surface area contributed by atoms with Gasteiger partial charge in [0.1, 0.15) is 30.0 Å². The van der Waals surface area contributed by atoms with Crippen molar-refractivity contribution in [2.75, 3.05) is 74.7 Å². The Labute approximate surface area is 609 Å². The van der Waals surface area contributed by atoms with E-state index in [-0.39, 0.29) is 66.5 Å². The van der Waals surface area contributed by atoms with Crippen molar-refractivity contribution in [2.45, 2.75) is 135 Å². The highest BCUT2D eigenvalue weighted by Crippen LogP contribution is 2.40. The average Bonchev–Trinajstić information content (AvgIpc) is 1.65. The zero-order valence-corrected chi connectivity index (χ0v) is 61.8. The molecule has 0 saturated carbocycles. The first-order valence-corrected chi connectivity index (χ1v) is 37.6. The number of benzene rings is 5. The number of amides is 1. The van der Waals surface area contributed by atoms with Crippen molar-refractivity contribution < 1.29 is 130 Å². The molecule has 30 heteroatoms. The molecule has 2 aliphatic heterocycles. The van der Waals surface area contributed by atoms with Crippen molar-refractivity contribution in [3.05, 3.63) is 189 Å². The summed E-state index contributed by atoms with van der Waals surface area (Å²) in [6, 6.07) is 18.1. The highest BCUT2D eigenvalue weighted by Gasteiger charge is 2.41. The molecule has 0 aliphatic carbocycles. The zero-order chi connectivity index (χ0) is 79.0. The molecule has 1 amide bonds. The number of ether oxygens (including phenoxy) is 9. The number of nitrogens with one attached hydrogen (secondary N) is 1. The lowest BCUT2D eigenvalue weighted by molar-refractivity contribution is -0.147. The minimum atomic E-state index is -1.29. The molecular formula is C76H91F10NO18Si. The van der Waals surface area contributed by atoms with Crippen LogP contribution >= 0.6 is 0 Å². The second-order valence-electron chi connectivity index (χ2n) is 25.7. The summed E-state index contributed by atoms with van der Waals surface area (Å²) in [7, 11) is 5.00. The lowest BCUT2D eigenvalue weighted by atomic mass is 9.87. The van der Waals surface area contributed by atoms with Crippen LogP contribution in [0.15, 0.2) is 101 Å². The number of hydrogen-bond donors (Lipinski definition) is 2. The van der Waals surface area contributed by atoms with Gasteiger partial charge in [0.2, 0.25) is 0 Å². The minimum absolute atomic E-state index is 0.0404. The number of Topliss-reactive ketones (excluding diaryl/α,β-unsaturated/α-hetero) is 3. The topological polar surface area (TPSA) is 248 Å². The molecule has 0 radical (unpaired) electrons. The third kappa shape index (κ3) is 29.6. The average molecular weight is 1520 g/mol. The van der Waals surface area contributed by atoms with Crippen LogP contribution in [0, 0.1) is 75.9 Å². The summed E-state index contributed by atoms with van der Waals surface area (Å²) >= 11 is 0. The van der Waals surface area contributed by atoms with Gasteiger partial charge in [0.05, 0.1) is 62.3 Å². The Balaban J connectivity index is 0.000000283. The number of furan rings is 1. The van der Waals surface area contributed by atoms with Crippen LogP contribution in [0.1, 0.15) is 133 Å². The van der Waals surface area contributed by atoms with E-state index in [1.807, 2.05) is 6.92 Å². The molecule has 106 heavy (non-hydrogen) atoms. The van der Waals surface area contributed by atoms with E-state index in [0.29, 0.717) is 99.6 Å². The molecule has 0 spiro atoms. The van der Waals surface area contributed by atoms with Gasteiger partial charge in [-0.25, -0.2) is 48.7 Å². The zero-order valence-electron chi connectivity index (χ0n) is 60.8. The van der Waals surface area contributed by atoms with Gasteiger partial charge in [-0.1, -0.05) is 38.7 Å². The number of esters is 2. The Morgan fingerprint density at radius 2 is 1.06 bits per heavy atom. The van der Waals surface area contributed by atoms with Gasteiger partial charge in [-0.05, 0) is 167 Å². The van der Waals surface area contributed by atoms with Crippen molar-refractivity contribution in [2.24, 2.45) is 17.8 Å². The normalized spacial score (nSPS) is 17.1. The summed E-state index contributed by atoms with van der Waals surface area (Å²) in [5.74, 6) is -14.7. The van der Waals surface area contributed by atoms with Crippen molar-refractivity contribution in [3.63, 3.8) is 0 Å². The number of carbonyl (C=O) groups excluding carboxylic acids is 6. The summed E-state index contributed by atoms with van der Waals surface area (Å²) in [4.78, 5) is 82.0. The molecule has 5 aromatic carbocycles. The van der Waals surface area contributed by atoms with Crippen molar-refractivity contribution in [3.8, 4) is 11.3 Å². The molecule has 2 unspecified atom stereocenters. The largest absolute Gasteiger partial charge is 0.481 e. The van der Waals surface area contributed by atoms with E-state index in [2.05, 4.69) is 29.7 Å². The molecule has 19 nitrogen and oxygen atoms in total. The number of halogens is 10. The summed E-state index contributed by atoms with van der Waals surface area (Å²) in [6.07, 6.45) is 0.845. The Morgan fingerprint density at radius 3 is 1.56 bits per heavy atom. The molecule has 0 bridgehead atoms. The molecule has 2 fully saturated rings.